The zero-order valence-corrected chi connectivity index (χ0v) is 18.8. The molecule has 0 N–H and O–H groups in total. The zero-order chi connectivity index (χ0) is 23.8. The molecular formula is C19H19ClN4O7S. The van der Waals surface area contributed by atoms with Gasteiger partial charge in [-0.2, -0.15) is 5.26 Å². The normalized spacial score (nSPS) is 24.4. The maximum Gasteiger partial charge on any atom is 0.303 e. The van der Waals surface area contributed by atoms with Crippen molar-refractivity contribution in [3.63, 3.8) is 0 Å². The first-order valence-corrected chi connectivity index (χ1v) is 10.4. The van der Waals surface area contributed by atoms with Crippen LogP contribution in [-0.2, 0) is 33.3 Å². The molecule has 11 nitrogen and oxygen atoms in total. The van der Waals surface area contributed by atoms with Crippen molar-refractivity contribution in [2.75, 3.05) is 6.61 Å². The molecule has 0 radical (unpaired) electrons. The fraction of sp³-hybridized carbons (Fsp3) is 0.474. The van der Waals surface area contributed by atoms with E-state index >= 15 is 0 Å². The molecule has 2 rings (SSSR count). The lowest BCUT2D eigenvalue weighted by atomic mass is 9.97. The first-order chi connectivity index (χ1) is 15.1. The van der Waals surface area contributed by atoms with Crippen molar-refractivity contribution in [3.05, 3.63) is 39.2 Å². The Morgan fingerprint density at radius 1 is 1.19 bits per heavy atom. The minimum absolute atomic E-state index is 0.292. The van der Waals surface area contributed by atoms with E-state index in [-0.39, 0.29) is 6.61 Å². The van der Waals surface area contributed by atoms with Gasteiger partial charge in [-0.05, 0) is 23.7 Å². The first-order valence-electron chi connectivity index (χ1n) is 9.19. The van der Waals surface area contributed by atoms with Gasteiger partial charge in [0, 0.05) is 35.6 Å². The largest absolute Gasteiger partial charge is 0.463 e. The van der Waals surface area contributed by atoms with Crippen molar-refractivity contribution in [2.45, 2.75) is 55.5 Å². The van der Waals surface area contributed by atoms with Crippen molar-refractivity contribution in [1.82, 2.24) is 0 Å². The lowest BCUT2D eigenvalue weighted by molar-refractivity contribution is -0.201. The number of rotatable bonds is 7. The minimum Gasteiger partial charge on any atom is -0.463 e. The number of nitriles is 1. The Labute approximate surface area is 192 Å². The molecule has 1 aromatic carbocycles. The van der Waals surface area contributed by atoms with Crippen molar-refractivity contribution in [1.29, 1.82) is 5.26 Å². The van der Waals surface area contributed by atoms with E-state index in [2.05, 4.69) is 10.0 Å². The summed E-state index contributed by atoms with van der Waals surface area (Å²) in [7, 11) is 0. The molecule has 1 fully saturated rings. The molecule has 0 amide bonds. The summed E-state index contributed by atoms with van der Waals surface area (Å²) in [6.07, 6.45) is -3.40. The SMILES string of the molecule is CC(=O)OCC1O[C@H](Sc2cc(Cl)cc(C#N)c2)C(OC(C)=O)C(N=[N+]=[N-])[C@H]1OC(C)=O. The van der Waals surface area contributed by atoms with Crippen molar-refractivity contribution in [2.24, 2.45) is 5.11 Å². The van der Waals surface area contributed by atoms with Crippen LogP contribution in [0.15, 0.2) is 28.2 Å². The fourth-order valence-electron chi connectivity index (χ4n) is 3.00. The van der Waals surface area contributed by atoms with Crippen LogP contribution in [0.2, 0.25) is 5.02 Å². The molecule has 0 bridgehead atoms. The lowest BCUT2D eigenvalue weighted by Crippen LogP contribution is -2.59. The van der Waals surface area contributed by atoms with Gasteiger partial charge in [0.2, 0.25) is 0 Å². The standard InChI is InChI=1S/C19H19ClN4O7S/c1-9(25)28-8-15-17(29-10(2)26)16(23-24-22)18(30-11(3)27)19(31-15)32-14-5-12(7-21)4-13(20)6-14/h4-6,15-19H,8H2,1-3H3/t15?,16?,17-,18?,19+/m0/s1. The average Bonchev–Trinajstić information content (AvgIpc) is 2.69. The number of ether oxygens (including phenoxy) is 4. The van der Waals surface area contributed by atoms with Gasteiger partial charge in [0.25, 0.3) is 0 Å². The van der Waals surface area contributed by atoms with Crippen LogP contribution in [0.1, 0.15) is 26.3 Å². The van der Waals surface area contributed by atoms with Gasteiger partial charge in [0.15, 0.2) is 0 Å². The van der Waals surface area contributed by atoms with E-state index in [0.29, 0.717) is 15.5 Å². The van der Waals surface area contributed by atoms with Gasteiger partial charge in [-0.15, -0.1) is 0 Å². The summed E-state index contributed by atoms with van der Waals surface area (Å²) < 4.78 is 21.6. The summed E-state index contributed by atoms with van der Waals surface area (Å²) in [5.74, 6) is -1.99. The van der Waals surface area contributed by atoms with Gasteiger partial charge in [0.05, 0.1) is 11.6 Å². The van der Waals surface area contributed by atoms with E-state index in [0.717, 1.165) is 25.6 Å². The highest BCUT2D eigenvalue weighted by Gasteiger charge is 2.50. The molecule has 13 heteroatoms. The number of azide groups is 1. The van der Waals surface area contributed by atoms with Gasteiger partial charge >= 0.3 is 17.9 Å². The van der Waals surface area contributed by atoms with E-state index in [1.807, 2.05) is 6.07 Å². The molecule has 1 heterocycles. The Kier molecular flexibility index (Phi) is 9.16. The molecule has 170 valence electrons. The van der Waals surface area contributed by atoms with Crippen LogP contribution in [0.5, 0.6) is 0 Å². The molecule has 3 unspecified atom stereocenters. The number of hydrogen-bond donors (Lipinski definition) is 0. The summed E-state index contributed by atoms with van der Waals surface area (Å²) in [6.45, 7) is 3.19. The Morgan fingerprint density at radius 2 is 1.84 bits per heavy atom. The van der Waals surface area contributed by atoms with Crippen LogP contribution >= 0.6 is 23.4 Å². The van der Waals surface area contributed by atoms with Crippen LogP contribution in [0.4, 0.5) is 0 Å². The van der Waals surface area contributed by atoms with E-state index in [4.69, 9.17) is 36.1 Å². The van der Waals surface area contributed by atoms with E-state index < -0.39 is 47.7 Å². The third-order valence-corrected chi connectivity index (χ3v) is 5.45. The molecule has 0 spiro atoms. The van der Waals surface area contributed by atoms with Gasteiger partial charge in [0.1, 0.15) is 36.4 Å². The number of carbonyl (C=O) groups is 3. The Bertz CT molecular complexity index is 979. The van der Waals surface area contributed by atoms with Crippen LogP contribution in [0.3, 0.4) is 0 Å². The minimum atomic E-state index is -1.20. The van der Waals surface area contributed by atoms with Crippen molar-refractivity contribution in [3.8, 4) is 6.07 Å². The molecule has 5 atom stereocenters. The van der Waals surface area contributed by atoms with Crippen LogP contribution < -0.4 is 0 Å². The van der Waals surface area contributed by atoms with E-state index in [1.54, 1.807) is 12.1 Å². The summed E-state index contributed by atoms with van der Waals surface area (Å²) in [6, 6.07) is 5.39. The molecule has 0 saturated carbocycles. The molecule has 1 aliphatic heterocycles. The second-order valence-electron chi connectivity index (χ2n) is 6.59. The molecule has 1 aromatic rings. The molecule has 32 heavy (non-hydrogen) atoms. The summed E-state index contributed by atoms with van der Waals surface area (Å²) in [5, 5.41) is 13.2. The monoisotopic (exact) mass is 482 g/mol. The van der Waals surface area contributed by atoms with E-state index in [1.165, 1.54) is 13.0 Å². The number of thioether (sulfide) groups is 1. The Morgan fingerprint density at radius 3 is 2.41 bits per heavy atom. The van der Waals surface area contributed by atoms with Crippen molar-refractivity contribution < 1.29 is 33.3 Å². The highest BCUT2D eigenvalue weighted by Crippen LogP contribution is 2.38. The van der Waals surface area contributed by atoms with Gasteiger partial charge in [-0.3, -0.25) is 14.4 Å². The number of benzene rings is 1. The summed E-state index contributed by atoms with van der Waals surface area (Å²) in [5.41, 5.74) is 8.41. The highest BCUT2D eigenvalue weighted by molar-refractivity contribution is 7.99. The van der Waals surface area contributed by atoms with Crippen LogP contribution in [-0.4, -0.2) is 54.3 Å². The number of carbonyl (C=O) groups excluding carboxylic acids is 3. The quantitative estimate of drug-likeness (QED) is 0.187. The van der Waals surface area contributed by atoms with Gasteiger partial charge < -0.3 is 18.9 Å². The van der Waals surface area contributed by atoms with Gasteiger partial charge in [-0.25, -0.2) is 0 Å². The third kappa shape index (κ3) is 7.03. The van der Waals surface area contributed by atoms with Crippen LogP contribution in [0.25, 0.3) is 10.4 Å². The number of halogens is 1. The summed E-state index contributed by atoms with van der Waals surface area (Å²) in [4.78, 5) is 38.1. The van der Waals surface area contributed by atoms with Gasteiger partial charge in [-0.1, -0.05) is 28.5 Å². The molecule has 0 aliphatic carbocycles. The molecular weight excluding hydrogens is 464 g/mol. The lowest BCUT2D eigenvalue weighted by Gasteiger charge is -2.43. The smallest absolute Gasteiger partial charge is 0.303 e. The third-order valence-electron chi connectivity index (χ3n) is 4.11. The Balaban J connectivity index is 2.48. The second-order valence-corrected chi connectivity index (χ2v) is 8.20. The van der Waals surface area contributed by atoms with E-state index in [9.17, 15) is 19.6 Å². The molecule has 1 aliphatic rings. The topological polar surface area (TPSA) is 161 Å². The van der Waals surface area contributed by atoms with Crippen molar-refractivity contribution >= 4 is 41.3 Å². The summed E-state index contributed by atoms with van der Waals surface area (Å²) >= 11 is 7.11. The number of hydrogen-bond acceptors (Lipinski definition) is 10. The number of nitrogens with zero attached hydrogens (tertiary/aromatic N) is 4. The molecule has 0 aromatic heterocycles. The zero-order valence-electron chi connectivity index (χ0n) is 17.3. The number of esters is 3. The maximum absolute atomic E-state index is 11.8. The fourth-order valence-corrected chi connectivity index (χ4v) is 4.51. The maximum atomic E-state index is 11.8. The highest BCUT2D eigenvalue weighted by atomic mass is 35.5. The molecule has 1 saturated heterocycles. The predicted octanol–water partition coefficient (Wildman–Crippen LogP) is 3.13. The second kappa shape index (κ2) is 11.6. The first kappa shape index (κ1) is 25.3. The Hall–Kier alpha value is -2.97. The predicted molar refractivity (Wildman–Crippen MR) is 111 cm³/mol. The van der Waals surface area contributed by atoms with Crippen LogP contribution in [0, 0.1) is 11.3 Å². The average molecular weight is 483 g/mol.